The number of rotatable bonds is 6. The monoisotopic (exact) mass is 554 g/mol. The second-order valence-electron chi connectivity index (χ2n) is 10.8. The maximum Gasteiger partial charge on any atom is 0.137 e. The van der Waals surface area contributed by atoms with E-state index >= 15 is 0 Å². The van der Waals surface area contributed by atoms with E-state index in [0.717, 1.165) is 77.8 Å². The Labute approximate surface area is 246 Å². The first-order valence-corrected chi connectivity index (χ1v) is 14.6. The molecule has 1 atom stereocenters. The zero-order valence-corrected chi connectivity index (χ0v) is 24.0. The third kappa shape index (κ3) is 4.56. The molecule has 1 aromatic carbocycles. The molecule has 1 N–H and O–H groups in total. The van der Waals surface area contributed by atoms with Gasteiger partial charge in [0.1, 0.15) is 11.2 Å². The number of benzene rings is 1. The van der Waals surface area contributed by atoms with Crippen LogP contribution >= 0.6 is 0 Å². The van der Waals surface area contributed by atoms with Crippen molar-refractivity contribution < 1.29 is 4.74 Å². The highest BCUT2D eigenvalue weighted by atomic mass is 16.5. The zero-order chi connectivity index (χ0) is 28.5. The molecule has 2 aliphatic heterocycles. The Morgan fingerprint density at radius 1 is 0.952 bits per heavy atom. The van der Waals surface area contributed by atoms with Gasteiger partial charge in [0.15, 0.2) is 0 Å². The number of nitrogens with zero attached hydrogens (tertiary/aromatic N) is 5. The van der Waals surface area contributed by atoms with E-state index in [4.69, 9.17) is 19.7 Å². The van der Waals surface area contributed by atoms with Crippen LogP contribution in [0.1, 0.15) is 30.3 Å². The van der Waals surface area contributed by atoms with Crippen molar-refractivity contribution in [3.63, 3.8) is 0 Å². The number of aryl methyl sites for hydroxylation is 1. The minimum atomic E-state index is -0.555. The molecule has 1 saturated heterocycles. The van der Waals surface area contributed by atoms with Crippen LogP contribution in [-0.4, -0.2) is 45.7 Å². The van der Waals surface area contributed by atoms with Gasteiger partial charge in [-0.2, -0.15) is 0 Å². The number of fused-ring (bicyclic) bond motifs is 1. The van der Waals surface area contributed by atoms with Gasteiger partial charge in [-0.1, -0.05) is 31.2 Å². The third-order valence-electron chi connectivity index (χ3n) is 8.37. The Bertz CT molecular complexity index is 1800. The summed E-state index contributed by atoms with van der Waals surface area (Å²) in [5, 5.41) is 3.68. The summed E-state index contributed by atoms with van der Waals surface area (Å²) in [4.78, 5) is 16.9. The van der Waals surface area contributed by atoms with E-state index in [1.165, 1.54) is 11.3 Å². The van der Waals surface area contributed by atoms with Gasteiger partial charge in [-0.15, -0.1) is 0 Å². The van der Waals surface area contributed by atoms with Crippen LogP contribution < -0.4 is 10.2 Å². The van der Waals surface area contributed by atoms with E-state index in [2.05, 4.69) is 94.5 Å². The smallest absolute Gasteiger partial charge is 0.137 e. The second kappa shape index (κ2) is 10.9. The minimum Gasteiger partial charge on any atom is -0.378 e. The predicted octanol–water partition coefficient (Wildman–Crippen LogP) is 6.30. The van der Waals surface area contributed by atoms with Crippen LogP contribution in [-0.2, 0) is 10.3 Å². The summed E-state index contributed by atoms with van der Waals surface area (Å²) >= 11 is 0. The molecule has 0 bridgehead atoms. The number of nitrogens with one attached hydrogen (secondary N) is 1. The standard InChI is InChI=1S/C35H34N6O/c1-3-28-7-5-15-38-35(28,33-8-4-6-25(2)39-33)29-14-17-41-32(24-37-34(41)23-29)27-13-16-36-31(22-27)26-9-11-30(12-10-26)40-18-20-42-21-19-40/h4-17,22-24,38H,3,18-21H2,1-2H3. The number of allylic oxidation sites excluding steroid dienone is 2. The van der Waals surface area contributed by atoms with Crippen LogP contribution in [0.3, 0.4) is 0 Å². The molecule has 0 aliphatic carbocycles. The predicted molar refractivity (Wildman–Crippen MR) is 167 cm³/mol. The van der Waals surface area contributed by atoms with Gasteiger partial charge >= 0.3 is 0 Å². The normalized spacial score (nSPS) is 18.6. The lowest BCUT2D eigenvalue weighted by atomic mass is 9.77. The average Bonchev–Trinajstić information content (AvgIpc) is 3.49. The molecule has 0 spiro atoms. The number of dihydropyridines is 1. The van der Waals surface area contributed by atoms with Gasteiger partial charge in [-0.25, -0.2) is 4.98 Å². The van der Waals surface area contributed by atoms with Crippen molar-refractivity contribution in [2.24, 2.45) is 0 Å². The number of hydrogen-bond acceptors (Lipinski definition) is 6. The van der Waals surface area contributed by atoms with Gasteiger partial charge in [-0.05, 0) is 85.3 Å². The van der Waals surface area contributed by atoms with Crippen LogP contribution in [0.4, 0.5) is 5.69 Å². The largest absolute Gasteiger partial charge is 0.378 e. The Hall–Kier alpha value is -4.75. The topological polar surface area (TPSA) is 67.6 Å². The maximum absolute atomic E-state index is 5.50. The summed E-state index contributed by atoms with van der Waals surface area (Å²) < 4.78 is 7.65. The van der Waals surface area contributed by atoms with Crippen molar-refractivity contribution in [3.8, 4) is 22.5 Å². The first-order valence-electron chi connectivity index (χ1n) is 14.6. The van der Waals surface area contributed by atoms with Crippen LogP contribution in [0.2, 0.25) is 0 Å². The molecule has 2 aliphatic rings. The van der Waals surface area contributed by atoms with Gasteiger partial charge < -0.3 is 15.0 Å². The number of aromatic nitrogens is 4. The molecule has 6 heterocycles. The van der Waals surface area contributed by atoms with E-state index in [1.54, 1.807) is 0 Å². The highest BCUT2D eigenvalue weighted by Crippen LogP contribution is 2.40. The zero-order valence-electron chi connectivity index (χ0n) is 24.0. The van der Waals surface area contributed by atoms with E-state index in [-0.39, 0.29) is 0 Å². The fourth-order valence-electron chi connectivity index (χ4n) is 6.18. The molecule has 1 fully saturated rings. The Morgan fingerprint density at radius 2 is 1.81 bits per heavy atom. The van der Waals surface area contributed by atoms with Gasteiger partial charge in [0.25, 0.3) is 0 Å². The summed E-state index contributed by atoms with van der Waals surface area (Å²) in [7, 11) is 0. The van der Waals surface area contributed by atoms with Gasteiger partial charge in [-0.3, -0.25) is 14.4 Å². The molecule has 42 heavy (non-hydrogen) atoms. The van der Waals surface area contributed by atoms with Crippen LogP contribution in [0.5, 0.6) is 0 Å². The summed E-state index contributed by atoms with van der Waals surface area (Å²) in [6.07, 6.45) is 13.1. The molecule has 1 unspecified atom stereocenters. The number of ether oxygens (including phenoxy) is 1. The van der Waals surface area contributed by atoms with Crippen molar-refractivity contribution >= 4 is 11.3 Å². The van der Waals surface area contributed by atoms with Gasteiger partial charge in [0.05, 0.1) is 36.5 Å². The van der Waals surface area contributed by atoms with Gasteiger partial charge in [0.2, 0.25) is 0 Å². The lowest BCUT2D eigenvalue weighted by Crippen LogP contribution is -2.44. The highest BCUT2D eigenvalue weighted by molar-refractivity contribution is 5.71. The fourth-order valence-corrected chi connectivity index (χ4v) is 6.18. The molecule has 0 radical (unpaired) electrons. The van der Waals surface area contributed by atoms with E-state index < -0.39 is 5.54 Å². The molecule has 4 aromatic heterocycles. The van der Waals surface area contributed by atoms with E-state index in [9.17, 15) is 0 Å². The lowest BCUT2D eigenvalue weighted by Gasteiger charge is -2.38. The molecule has 0 amide bonds. The summed E-state index contributed by atoms with van der Waals surface area (Å²) in [6, 6.07) is 23.4. The van der Waals surface area contributed by atoms with Gasteiger partial charge in [0, 0.05) is 48.0 Å². The summed E-state index contributed by atoms with van der Waals surface area (Å²) in [5.74, 6) is 0. The Morgan fingerprint density at radius 3 is 2.62 bits per heavy atom. The SMILES string of the molecule is CCC1=CC=CNC1(c1ccn2c(-c3ccnc(-c4ccc(N5CCOCC5)cc4)c3)cnc2c1)c1cccc(C)n1. The van der Waals surface area contributed by atoms with E-state index in [0.29, 0.717) is 0 Å². The highest BCUT2D eigenvalue weighted by Gasteiger charge is 2.39. The van der Waals surface area contributed by atoms with Crippen molar-refractivity contribution in [1.29, 1.82) is 0 Å². The number of morpholine rings is 1. The number of hydrogen-bond donors (Lipinski definition) is 1. The maximum atomic E-state index is 5.50. The Balaban J connectivity index is 1.24. The molecule has 0 saturated carbocycles. The van der Waals surface area contributed by atoms with Crippen LogP contribution in [0, 0.1) is 6.92 Å². The fraction of sp³-hybridized carbons (Fsp3) is 0.229. The van der Waals surface area contributed by atoms with Crippen LogP contribution in [0.25, 0.3) is 28.2 Å². The van der Waals surface area contributed by atoms with Crippen molar-refractivity contribution in [3.05, 3.63) is 126 Å². The first kappa shape index (κ1) is 26.2. The molecule has 7 nitrogen and oxygen atoms in total. The van der Waals surface area contributed by atoms with Crippen molar-refractivity contribution in [2.75, 3.05) is 31.2 Å². The average molecular weight is 555 g/mol. The second-order valence-corrected chi connectivity index (χ2v) is 10.8. The molecule has 7 heteroatoms. The number of pyridine rings is 3. The molecule has 210 valence electrons. The van der Waals surface area contributed by atoms with E-state index in [1.807, 2.05) is 37.7 Å². The molecule has 7 rings (SSSR count). The molecular formula is C35H34N6O. The first-order chi connectivity index (χ1) is 20.7. The van der Waals surface area contributed by atoms with Crippen molar-refractivity contribution in [1.82, 2.24) is 24.7 Å². The quantitative estimate of drug-likeness (QED) is 0.266. The number of anilines is 1. The lowest BCUT2D eigenvalue weighted by molar-refractivity contribution is 0.122. The van der Waals surface area contributed by atoms with Crippen molar-refractivity contribution in [2.45, 2.75) is 25.8 Å². The number of imidazole rings is 1. The minimum absolute atomic E-state index is 0.555. The third-order valence-corrected chi connectivity index (χ3v) is 8.37. The summed E-state index contributed by atoms with van der Waals surface area (Å²) in [5.41, 5.74) is 10.0. The molecular weight excluding hydrogens is 520 g/mol. The van der Waals surface area contributed by atoms with Crippen LogP contribution in [0.15, 0.2) is 109 Å². The summed E-state index contributed by atoms with van der Waals surface area (Å²) in [6.45, 7) is 7.64. The Kier molecular flexibility index (Phi) is 6.80. The molecule has 5 aromatic rings.